The minimum absolute atomic E-state index is 0.132. The van der Waals surface area contributed by atoms with Gasteiger partial charge in [0.15, 0.2) is 0 Å². The highest BCUT2D eigenvalue weighted by Gasteiger charge is 2.14. The summed E-state index contributed by atoms with van der Waals surface area (Å²) in [6, 6.07) is 6.39. The van der Waals surface area contributed by atoms with Gasteiger partial charge in [0.05, 0.1) is 0 Å². The molecule has 15 heavy (non-hydrogen) atoms. The van der Waals surface area contributed by atoms with Gasteiger partial charge in [0.1, 0.15) is 0 Å². The first-order chi connectivity index (χ1) is 7.07. The van der Waals surface area contributed by atoms with E-state index < -0.39 is 0 Å². The SMILES string of the molecule is CC(C)(C)c1ccc(-c2ccsc2)cn1. The van der Waals surface area contributed by atoms with E-state index in [4.69, 9.17) is 0 Å². The third-order valence-electron chi connectivity index (χ3n) is 2.39. The van der Waals surface area contributed by atoms with E-state index in [1.165, 1.54) is 11.1 Å². The summed E-state index contributed by atoms with van der Waals surface area (Å²) in [5.74, 6) is 0. The normalized spacial score (nSPS) is 11.7. The van der Waals surface area contributed by atoms with Crippen molar-refractivity contribution in [2.24, 2.45) is 0 Å². The number of hydrogen-bond donors (Lipinski definition) is 0. The molecular weight excluding hydrogens is 202 g/mol. The highest BCUT2D eigenvalue weighted by Crippen LogP contribution is 2.24. The molecule has 0 aromatic carbocycles. The maximum atomic E-state index is 4.51. The average molecular weight is 217 g/mol. The fraction of sp³-hybridized carbons (Fsp3) is 0.308. The molecule has 2 heteroatoms. The molecule has 2 aromatic rings. The summed E-state index contributed by atoms with van der Waals surface area (Å²) < 4.78 is 0. The summed E-state index contributed by atoms with van der Waals surface area (Å²) in [6.07, 6.45) is 1.96. The molecule has 0 saturated heterocycles. The maximum Gasteiger partial charge on any atom is 0.0457 e. The van der Waals surface area contributed by atoms with E-state index in [1.807, 2.05) is 6.20 Å². The maximum absolute atomic E-state index is 4.51. The Morgan fingerprint density at radius 3 is 2.33 bits per heavy atom. The molecule has 0 N–H and O–H groups in total. The Balaban J connectivity index is 2.33. The molecule has 2 heterocycles. The van der Waals surface area contributed by atoms with Gasteiger partial charge in [-0.1, -0.05) is 26.8 Å². The summed E-state index contributed by atoms with van der Waals surface area (Å²) >= 11 is 1.72. The van der Waals surface area contributed by atoms with Crippen LogP contribution in [-0.2, 0) is 5.41 Å². The van der Waals surface area contributed by atoms with E-state index in [1.54, 1.807) is 11.3 Å². The van der Waals surface area contributed by atoms with Crippen molar-refractivity contribution in [1.29, 1.82) is 0 Å². The van der Waals surface area contributed by atoms with Crippen LogP contribution >= 0.6 is 11.3 Å². The molecule has 0 saturated carbocycles. The lowest BCUT2D eigenvalue weighted by molar-refractivity contribution is 0.569. The van der Waals surface area contributed by atoms with Crippen LogP contribution in [0.2, 0.25) is 0 Å². The summed E-state index contributed by atoms with van der Waals surface area (Å²) in [6.45, 7) is 6.54. The Kier molecular flexibility index (Phi) is 2.61. The second kappa shape index (κ2) is 3.78. The monoisotopic (exact) mass is 217 g/mol. The van der Waals surface area contributed by atoms with Gasteiger partial charge in [-0.05, 0) is 28.5 Å². The van der Waals surface area contributed by atoms with Gasteiger partial charge < -0.3 is 0 Å². The van der Waals surface area contributed by atoms with Crippen LogP contribution in [-0.4, -0.2) is 4.98 Å². The van der Waals surface area contributed by atoms with Crippen LogP contribution in [0, 0.1) is 0 Å². The van der Waals surface area contributed by atoms with Crippen molar-refractivity contribution < 1.29 is 0 Å². The fourth-order valence-electron chi connectivity index (χ4n) is 1.44. The first-order valence-electron chi connectivity index (χ1n) is 5.06. The van der Waals surface area contributed by atoms with Gasteiger partial charge in [-0.25, -0.2) is 0 Å². The van der Waals surface area contributed by atoms with Crippen LogP contribution in [0.3, 0.4) is 0 Å². The molecule has 0 bridgehead atoms. The molecule has 0 fully saturated rings. The van der Waals surface area contributed by atoms with Crippen molar-refractivity contribution in [2.45, 2.75) is 26.2 Å². The number of thiophene rings is 1. The third kappa shape index (κ3) is 2.26. The molecule has 0 aliphatic carbocycles. The van der Waals surface area contributed by atoms with Crippen molar-refractivity contribution in [2.75, 3.05) is 0 Å². The smallest absolute Gasteiger partial charge is 0.0457 e. The molecule has 2 rings (SSSR count). The molecule has 0 aliphatic heterocycles. The highest BCUT2D eigenvalue weighted by molar-refractivity contribution is 7.08. The quantitative estimate of drug-likeness (QED) is 0.700. The summed E-state index contributed by atoms with van der Waals surface area (Å²) in [7, 11) is 0. The van der Waals surface area contributed by atoms with Crippen LogP contribution in [0.4, 0.5) is 0 Å². The Hall–Kier alpha value is -1.15. The van der Waals surface area contributed by atoms with Gasteiger partial charge in [-0.3, -0.25) is 4.98 Å². The van der Waals surface area contributed by atoms with E-state index in [-0.39, 0.29) is 5.41 Å². The van der Waals surface area contributed by atoms with Crippen LogP contribution < -0.4 is 0 Å². The lowest BCUT2D eigenvalue weighted by Crippen LogP contribution is -2.12. The van der Waals surface area contributed by atoms with Crippen molar-refractivity contribution in [3.05, 3.63) is 40.8 Å². The Bertz CT molecular complexity index is 421. The largest absolute Gasteiger partial charge is 0.260 e. The van der Waals surface area contributed by atoms with Crippen LogP contribution in [0.25, 0.3) is 11.1 Å². The predicted octanol–water partition coefficient (Wildman–Crippen LogP) is 4.11. The van der Waals surface area contributed by atoms with Crippen molar-refractivity contribution in [3.63, 3.8) is 0 Å². The minimum atomic E-state index is 0.132. The number of nitrogens with zero attached hydrogens (tertiary/aromatic N) is 1. The van der Waals surface area contributed by atoms with E-state index in [0.717, 1.165) is 5.69 Å². The highest BCUT2D eigenvalue weighted by atomic mass is 32.1. The second-order valence-electron chi connectivity index (χ2n) is 4.69. The van der Waals surface area contributed by atoms with Gasteiger partial charge in [-0.2, -0.15) is 11.3 Å². The van der Waals surface area contributed by atoms with Crippen LogP contribution in [0.5, 0.6) is 0 Å². The Labute approximate surface area is 94.8 Å². The van der Waals surface area contributed by atoms with Crippen molar-refractivity contribution in [1.82, 2.24) is 4.98 Å². The topological polar surface area (TPSA) is 12.9 Å². The number of hydrogen-bond acceptors (Lipinski definition) is 2. The molecule has 78 valence electrons. The second-order valence-corrected chi connectivity index (χ2v) is 5.47. The summed E-state index contributed by atoms with van der Waals surface area (Å²) in [5.41, 5.74) is 3.73. The Morgan fingerprint density at radius 2 is 1.87 bits per heavy atom. The van der Waals surface area contributed by atoms with E-state index in [9.17, 15) is 0 Å². The first kappa shape index (κ1) is 10.4. The summed E-state index contributed by atoms with van der Waals surface area (Å²) in [5, 5.41) is 4.24. The molecule has 0 radical (unpaired) electrons. The number of pyridine rings is 1. The molecule has 0 atom stereocenters. The predicted molar refractivity (Wildman–Crippen MR) is 66.3 cm³/mol. The molecule has 0 spiro atoms. The Morgan fingerprint density at radius 1 is 1.07 bits per heavy atom. The van der Waals surface area contributed by atoms with Crippen molar-refractivity contribution in [3.8, 4) is 11.1 Å². The average Bonchev–Trinajstić information content (AvgIpc) is 2.69. The summed E-state index contributed by atoms with van der Waals surface area (Å²) in [4.78, 5) is 4.51. The van der Waals surface area contributed by atoms with Crippen LogP contribution in [0.1, 0.15) is 26.5 Å². The van der Waals surface area contributed by atoms with Gasteiger partial charge >= 0.3 is 0 Å². The first-order valence-corrected chi connectivity index (χ1v) is 6.01. The zero-order chi connectivity index (χ0) is 10.9. The van der Waals surface area contributed by atoms with Crippen molar-refractivity contribution >= 4 is 11.3 Å². The zero-order valence-corrected chi connectivity index (χ0v) is 10.1. The molecule has 0 amide bonds. The molecular formula is C13H15NS. The molecule has 0 aliphatic rings. The minimum Gasteiger partial charge on any atom is -0.260 e. The number of aromatic nitrogens is 1. The van der Waals surface area contributed by atoms with Gasteiger partial charge in [0, 0.05) is 22.9 Å². The van der Waals surface area contributed by atoms with Crippen LogP contribution in [0.15, 0.2) is 35.2 Å². The van der Waals surface area contributed by atoms with Gasteiger partial charge in [0.25, 0.3) is 0 Å². The van der Waals surface area contributed by atoms with E-state index in [0.29, 0.717) is 0 Å². The van der Waals surface area contributed by atoms with E-state index in [2.05, 4.69) is 54.7 Å². The van der Waals surface area contributed by atoms with Gasteiger partial charge in [-0.15, -0.1) is 0 Å². The number of rotatable bonds is 1. The lowest BCUT2D eigenvalue weighted by Gasteiger charge is -2.17. The zero-order valence-electron chi connectivity index (χ0n) is 9.32. The van der Waals surface area contributed by atoms with E-state index >= 15 is 0 Å². The lowest BCUT2D eigenvalue weighted by atomic mass is 9.91. The molecule has 0 unspecified atom stereocenters. The molecule has 2 aromatic heterocycles. The third-order valence-corrected chi connectivity index (χ3v) is 3.07. The molecule has 1 nitrogen and oxygen atoms in total. The standard InChI is InChI=1S/C13H15NS/c1-13(2,3)12-5-4-10(8-14-12)11-6-7-15-9-11/h4-9H,1-3H3. The fourth-order valence-corrected chi connectivity index (χ4v) is 2.10. The van der Waals surface area contributed by atoms with Gasteiger partial charge in [0.2, 0.25) is 0 Å².